The molecule has 0 aliphatic carbocycles. The standard InChI is InChI=1S/C25H28FN3O3/c1-18-2-4-19(5-3-18)22-16-23(20-6-8-21(26)9-7-20)29(27-22)24(30)17-28-12-10-25(11-13-28)31-14-15-32-25/h2-9,23H,10-17H2,1H3. The van der Waals surface area contributed by atoms with Crippen molar-refractivity contribution in [2.45, 2.75) is 38.0 Å². The molecule has 0 bridgehead atoms. The Hall–Kier alpha value is -2.61. The van der Waals surface area contributed by atoms with E-state index in [1.165, 1.54) is 17.7 Å². The number of nitrogens with zero attached hydrogens (tertiary/aromatic N) is 3. The van der Waals surface area contributed by atoms with E-state index in [1.807, 2.05) is 31.2 Å². The van der Waals surface area contributed by atoms with Gasteiger partial charge in [-0.15, -0.1) is 0 Å². The van der Waals surface area contributed by atoms with Crippen LogP contribution >= 0.6 is 0 Å². The fourth-order valence-corrected chi connectivity index (χ4v) is 4.71. The molecule has 5 rings (SSSR count). The van der Waals surface area contributed by atoms with Crippen LogP contribution in [0.25, 0.3) is 0 Å². The molecule has 2 fully saturated rings. The Kier molecular flexibility index (Phi) is 5.80. The third kappa shape index (κ3) is 4.33. The average Bonchev–Trinajstić information content (AvgIpc) is 3.45. The third-order valence-electron chi connectivity index (χ3n) is 6.60. The van der Waals surface area contributed by atoms with Crippen molar-refractivity contribution in [3.63, 3.8) is 0 Å². The highest BCUT2D eigenvalue weighted by Crippen LogP contribution is 2.34. The molecule has 7 heteroatoms. The van der Waals surface area contributed by atoms with E-state index in [2.05, 4.69) is 4.90 Å². The molecule has 1 unspecified atom stereocenters. The summed E-state index contributed by atoms with van der Waals surface area (Å²) in [5, 5.41) is 6.33. The summed E-state index contributed by atoms with van der Waals surface area (Å²) in [6.45, 7) is 5.11. The molecule has 0 N–H and O–H groups in total. The number of likely N-dealkylation sites (tertiary alicyclic amines) is 1. The van der Waals surface area contributed by atoms with Crippen molar-refractivity contribution in [3.8, 4) is 0 Å². The summed E-state index contributed by atoms with van der Waals surface area (Å²) in [5.74, 6) is -0.797. The molecule has 1 amide bonds. The van der Waals surface area contributed by atoms with E-state index in [0.717, 1.165) is 42.8 Å². The third-order valence-corrected chi connectivity index (χ3v) is 6.60. The minimum absolute atomic E-state index is 0.0503. The second-order valence-corrected chi connectivity index (χ2v) is 8.81. The molecule has 2 saturated heterocycles. The maximum Gasteiger partial charge on any atom is 0.257 e. The molecule has 3 aliphatic rings. The lowest BCUT2D eigenvalue weighted by Gasteiger charge is -2.37. The van der Waals surface area contributed by atoms with Gasteiger partial charge in [0.1, 0.15) is 5.82 Å². The van der Waals surface area contributed by atoms with Crippen LogP contribution in [0.5, 0.6) is 0 Å². The van der Waals surface area contributed by atoms with E-state index >= 15 is 0 Å². The molecule has 1 atom stereocenters. The van der Waals surface area contributed by atoms with Gasteiger partial charge >= 0.3 is 0 Å². The van der Waals surface area contributed by atoms with Gasteiger partial charge in [-0.05, 0) is 30.2 Å². The first-order valence-electron chi connectivity index (χ1n) is 11.2. The molecule has 2 aromatic carbocycles. The van der Waals surface area contributed by atoms with Crippen LogP contribution < -0.4 is 0 Å². The molecule has 0 radical (unpaired) electrons. The summed E-state index contributed by atoms with van der Waals surface area (Å²) < 4.78 is 25.1. The molecule has 1 spiro atoms. The highest BCUT2D eigenvalue weighted by molar-refractivity contribution is 6.03. The maximum atomic E-state index is 13.5. The summed E-state index contributed by atoms with van der Waals surface area (Å²) >= 11 is 0. The number of amides is 1. The van der Waals surface area contributed by atoms with Gasteiger partial charge < -0.3 is 9.47 Å². The number of ether oxygens (including phenoxy) is 2. The minimum atomic E-state index is -0.458. The predicted octanol–water partition coefficient (Wildman–Crippen LogP) is 3.65. The number of carbonyl (C=O) groups is 1. The van der Waals surface area contributed by atoms with E-state index < -0.39 is 5.79 Å². The van der Waals surface area contributed by atoms with Crippen molar-refractivity contribution in [2.24, 2.45) is 5.10 Å². The van der Waals surface area contributed by atoms with Crippen LogP contribution in [0.15, 0.2) is 53.6 Å². The lowest BCUT2D eigenvalue weighted by atomic mass is 9.98. The molecule has 0 aromatic heterocycles. The van der Waals surface area contributed by atoms with E-state index in [9.17, 15) is 9.18 Å². The first-order valence-corrected chi connectivity index (χ1v) is 11.2. The van der Waals surface area contributed by atoms with Crippen LogP contribution in [0, 0.1) is 12.7 Å². The van der Waals surface area contributed by atoms with Gasteiger partial charge in [-0.25, -0.2) is 9.40 Å². The summed E-state index contributed by atoms with van der Waals surface area (Å²) in [6, 6.07) is 14.3. The summed E-state index contributed by atoms with van der Waals surface area (Å²) in [7, 11) is 0. The Morgan fingerprint density at radius 3 is 2.38 bits per heavy atom. The van der Waals surface area contributed by atoms with Gasteiger partial charge in [-0.3, -0.25) is 9.69 Å². The number of hydrogen-bond acceptors (Lipinski definition) is 5. The van der Waals surface area contributed by atoms with Gasteiger partial charge in [0.2, 0.25) is 0 Å². The fourth-order valence-electron chi connectivity index (χ4n) is 4.71. The predicted molar refractivity (Wildman–Crippen MR) is 119 cm³/mol. The molecule has 0 saturated carbocycles. The van der Waals surface area contributed by atoms with E-state index in [-0.39, 0.29) is 17.8 Å². The lowest BCUT2D eigenvalue weighted by molar-refractivity contribution is -0.186. The van der Waals surface area contributed by atoms with Crippen molar-refractivity contribution < 1.29 is 18.7 Å². The normalized spacial score (nSPS) is 23.0. The van der Waals surface area contributed by atoms with Gasteiger partial charge in [0.05, 0.1) is 31.5 Å². The molecule has 32 heavy (non-hydrogen) atoms. The fraction of sp³-hybridized carbons (Fsp3) is 0.440. The van der Waals surface area contributed by atoms with Crippen LogP contribution in [0.3, 0.4) is 0 Å². The number of halogens is 1. The molecule has 3 heterocycles. The Balaban J connectivity index is 1.33. The zero-order valence-electron chi connectivity index (χ0n) is 18.3. The number of benzene rings is 2. The van der Waals surface area contributed by atoms with Crippen molar-refractivity contribution in [1.29, 1.82) is 0 Å². The monoisotopic (exact) mass is 437 g/mol. The Labute approximate surface area is 187 Å². The summed E-state index contributed by atoms with van der Waals surface area (Å²) in [5.41, 5.74) is 3.94. The minimum Gasteiger partial charge on any atom is -0.347 e. The van der Waals surface area contributed by atoms with Gasteiger partial charge in [0.15, 0.2) is 5.79 Å². The number of rotatable bonds is 4. The molecule has 3 aliphatic heterocycles. The smallest absolute Gasteiger partial charge is 0.257 e. The van der Waals surface area contributed by atoms with Crippen molar-refractivity contribution >= 4 is 11.6 Å². The largest absolute Gasteiger partial charge is 0.347 e. The molecule has 6 nitrogen and oxygen atoms in total. The van der Waals surface area contributed by atoms with Gasteiger partial charge in [-0.1, -0.05) is 42.0 Å². The SMILES string of the molecule is Cc1ccc(C2=NN(C(=O)CN3CCC4(CC3)OCCO4)C(c3ccc(F)cc3)C2)cc1. The van der Waals surface area contributed by atoms with Crippen molar-refractivity contribution in [1.82, 2.24) is 9.91 Å². The highest BCUT2D eigenvalue weighted by Gasteiger charge is 2.41. The molecule has 2 aromatic rings. The topological polar surface area (TPSA) is 54.4 Å². The van der Waals surface area contributed by atoms with Crippen LogP contribution in [-0.2, 0) is 14.3 Å². The van der Waals surface area contributed by atoms with Gasteiger partial charge in [0, 0.05) is 32.4 Å². The van der Waals surface area contributed by atoms with Crippen LogP contribution in [0.4, 0.5) is 4.39 Å². The maximum absolute atomic E-state index is 13.5. The van der Waals surface area contributed by atoms with Crippen molar-refractivity contribution in [2.75, 3.05) is 32.8 Å². The number of piperidine rings is 1. The van der Waals surface area contributed by atoms with E-state index in [1.54, 1.807) is 17.1 Å². The Morgan fingerprint density at radius 1 is 1.06 bits per heavy atom. The second kappa shape index (κ2) is 8.73. The number of hydrazone groups is 1. The quantitative estimate of drug-likeness (QED) is 0.733. The number of hydrogen-bond donors (Lipinski definition) is 0. The first-order chi connectivity index (χ1) is 15.5. The number of aryl methyl sites for hydroxylation is 1. The van der Waals surface area contributed by atoms with Gasteiger partial charge in [0.25, 0.3) is 5.91 Å². The van der Waals surface area contributed by atoms with E-state index in [0.29, 0.717) is 26.2 Å². The average molecular weight is 438 g/mol. The Bertz CT molecular complexity index is 990. The number of carbonyl (C=O) groups excluding carboxylic acids is 1. The van der Waals surface area contributed by atoms with E-state index in [4.69, 9.17) is 14.6 Å². The summed E-state index contributed by atoms with van der Waals surface area (Å²) in [4.78, 5) is 15.5. The van der Waals surface area contributed by atoms with Crippen LogP contribution in [-0.4, -0.2) is 60.2 Å². The van der Waals surface area contributed by atoms with Crippen LogP contribution in [0.2, 0.25) is 0 Å². The second-order valence-electron chi connectivity index (χ2n) is 8.81. The van der Waals surface area contributed by atoms with Crippen molar-refractivity contribution in [3.05, 3.63) is 71.0 Å². The lowest BCUT2D eigenvalue weighted by Crippen LogP contribution is -2.48. The Morgan fingerprint density at radius 2 is 1.72 bits per heavy atom. The first kappa shape index (κ1) is 21.2. The van der Waals surface area contributed by atoms with Gasteiger partial charge in [-0.2, -0.15) is 5.10 Å². The molecule has 168 valence electrons. The molecular weight excluding hydrogens is 409 g/mol. The highest BCUT2D eigenvalue weighted by atomic mass is 19.1. The zero-order valence-corrected chi connectivity index (χ0v) is 18.3. The van der Waals surface area contributed by atoms with Crippen LogP contribution in [0.1, 0.15) is 42.0 Å². The zero-order chi connectivity index (χ0) is 22.1. The summed E-state index contributed by atoms with van der Waals surface area (Å²) in [6.07, 6.45) is 2.13. The molecular formula is C25H28FN3O3.